The minimum absolute atomic E-state index is 0.190. The van der Waals surface area contributed by atoms with Crippen LogP contribution in [0.2, 0.25) is 15.1 Å². The molecule has 1 rings (SSSR count). The van der Waals surface area contributed by atoms with E-state index in [2.05, 4.69) is 0 Å². The van der Waals surface area contributed by atoms with Crippen LogP contribution in [0.5, 0.6) is 5.75 Å². The summed E-state index contributed by atoms with van der Waals surface area (Å²) < 4.78 is 10.2. The first-order valence-corrected chi connectivity index (χ1v) is 8.43. The van der Waals surface area contributed by atoms with Crippen LogP contribution < -0.4 is 4.74 Å². The second-order valence-electron chi connectivity index (χ2n) is 5.46. The van der Waals surface area contributed by atoms with Crippen molar-refractivity contribution in [2.45, 2.75) is 39.5 Å². The summed E-state index contributed by atoms with van der Waals surface area (Å²) in [6.45, 7) is 4.36. The molecule has 4 nitrogen and oxygen atoms in total. The van der Waals surface area contributed by atoms with Gasteiger partial charge in [0, 0.05) is 25.0 Å². The predicted molar refractivity (Wildman–Crippen MR) is 91.4 cm³/mol. The molecule has 0 radical (unpaired) electrons. The van der Waals surface area contributed by atoms with Crippen molar-refractivity contribution in [2.24, 2.45) is 5.92 Å². The average Bonchev–Trinajstić information content (AvgIpc) is 2.47. The molecule has 0 heterocycles. The molecule has 0 aliphatic carbocycles. The molecule has 0 unspecified atom stereocenters. The fourth-order valence-electron chi connectivity index (χ4n) is 1.64. The second kappa shape index (κ2) is 10.0. The zero-order valence-electron chi connectivity index (χ0n) is 13.0. The van der Waals surface area contributed by atoms with Crippen molar-refractivity contribution < 1.29 is 19.1 Å². The predicted octanol–water partition coefficient (Wildman–Crippen LogP) is 5.31. The van der Waals surface area contributed by atoms with Crippen LogP contribution in [0.25, 0.3) is 0 Å². The number of halogens is 3. The minimum atomic E-state index is -0.421. The van der Waals surface area contributed by atoms with E-state index in [-0.39, 0.29) is 33.2 Å². The van der Waals surface area contributed by atoms with Gasteiger partial charge in [0.15, 0.2) is 0 Å². The molecule has 0 bridgehead atoms. The molecule has 0 aliphatic rings. The first kappa shape index (κ1) is 20.1. The van der Waals surface area contributed by atoms with Gasteiger partial charge in [-0.1, -0.05) is 48.7 Å². The number of esters is 2. The second-order valence-corrected chi connectivity index (χ2v) is 6.65. The fourth-order valence-corrected chi connectivity index (χ4v) is 2.22. The van der Waals surface area contributed by atoms with Gasteiger partial charge < -0.3 is 9.47 Å². The summed E-state index contributed by atoms with van der Waals surface area (Å²) in [4.78, 5) is 23.1. The van der Waals surface area contributed by atoms with Gasteiger partial charge in [0.1, 0.15) is 5.75 Å². The van der Waals surface area contributed by atoms with E-state index in [1.165, 1.54) is 12.1 Å². The number of carbonyl (C=O) groups is 2. The van der Waals surface area contributed by atoms with Gasteiger partial charge in [0.2, 0.25) is 0 Å². The van der Waals surface area contributed by atoms with Crippen LogP contribution in [0.3, 0.4) is 0 Å². The van der Waals surface area contributed by atoms with Crippen LogP contribution in [0.1, 0.15) is 39.5 Å². The normalized spacial score (nSPS) is 10.7. The first-order valence-electron chi connectivity index (χ1n) is 7.30. The first-order chi connectivity index (χ1) is 10.8. The zero-order valence-corrected chi connectivity index (χ0v) is 15.3. The summed E-state index contributed by atoms with van der Waals surface area (Å²) in [6.07, 6.45) is 1.58. The summed E-state index contributed by atoms with van der Waals surface area (Å²) in [5, 5.41) is 0.651. The van der Waals surface area contributed by atoms with Crippen molar-refractivity contribution in [3.8, 4) is 5.75 Å². The van der Waals surface area contributed by atoms with Gasteiger partial charge >= 0.3 is 11.9 Å². The van der Waals surface area contributed by atoms with Gasteiger partial charge in [-0.25, -0.2) is 0 Å². The van der Waals surface area contributed by atoms with Gasteiger partial charge in [-0.15, -0.1) is 0 Å². The molecule has 0 fully saturated rings. The highest BCUT2D eigenvalue weighted by Crippen LogP contribution is 2.34. The third-order valence-electron chi connectivity index (χ3n) is 2.78. The quantitative estimate of drug-likeness (QED) is 0.265. The van der Waals surface area contributed by atoms with E-state index in [4.69, 9.17) is 44.3 Å². The molecule has 7 heteroatoms. The number of carbonyl (C=O) groups excluding carboxylic acids is 2. The number of hydrogen-bond acceptors (Lipinski definition) is 4. The van der Waals surface area contributed by atoms with E-state index in [1.807, 2.05) is 13.8 Å². The van der Waals surface area contributed by atoms with E-state index < -0.39 is 5.97 Å². The molecule has 1 aromatic rings. The molecule has 0 saturated carbocycles. The minimum Gasteiger partial charge on any atom is -0.465 e. The monoisotopic (exact) mass is 380 g/mol. The van der Waals surface area contributed by atoms with Crippen LogP contribution in [0, 0.1) is 5.92 Å². The molecule has 0 aliphatic heterocycles. The lowest BCUT2D eigenvalue weighted by atomic mass is 10.2. The Balaban J connectivity index is 2.29. The Morgan fingerprint density at radius 1 is 1.00 bits per heavy atom. The molecular formula is C16H19Cl3O4. The molecule has 23 heavy (non-hydrogen) atoms. The van der Waals surface area contributed by atoms with Gasteiger partial charge in [-0.05, 0) is 18.8 Å². The molecule has 128 valence electrons. The zero-order chi connectivity index (χ0) is 17.4. The van der Waals surface area contributed by atoms with Crippen LogP contribution in [-0.2, 0) is 14.3 Å². The van der Waals surface area contributed by atoms with Crippen molar-refractivity contribution in [3.05, 3.63) is 27.2 Å². The molecular weight excluding hydrogens is 363 g/mol. The lowest BCUT2D eigenvalue weighted by molar-refractivity contribution is -0.145. The fraction of sp³-hybridized carbons (Fsp3) is 0.500. The largest absolute Gasteiger partial charge is 0.465 e. The van der Waals surface area contributed by atoms with Gasteiger partial charge in [-0.3, -0.25) is 9.59 Å². The van der Waals surface area contributed by atoms with E-state index in [9.17, 15) is 9.59 Å². The molecule has 0 atom stereocenters. The van der Waals surface area contributed by atoms with Crippen molar-refractivity contribution in [2.75, 3.05) is 6.61 Å². The smallest absolute Gasteiger partial charge is 0.311 e. The molecule has 0 spiro atoms. The number of unbranched alkanes of at least 4 members (excludes halogenated alkanes) is 1. The summed E-state index contributed by atoms with van der Waals surface area (Å²) in [5.41, 5.74) is 0. The van der Waals surface area contributed by atoms with E-state index in [1.54, 1.807) is 0 Å². The highest BCUT2D eigenvalue weighted by Gasteiger charge is 2.11. The maximum atomic E-state index is 11.7. The molecule has 0 amide bonds. The van der Waals surface area contributed by atoms with Crippen molar-refractivity contribution in [1.82, 2.24) is 0 Å². The highest BCUT2D eigenvalue weighted by atomic mass is 35.5. The van der Waals surface area contributed by atoms with E-state index in [0.717, 1.165) is 0 Å². The standard InChI is InChI=1S/C16H19Cl3O4/c1-10(2)9-22-14(20)5-3-4-6-15(21)23-11-7-12(17)16(19)13(18)8-11/h7-8,10H,3-6,9H2,1-2H3. The van der Waals surface area contributed by atoms with Gasteiger partial charge in [0.05, 0.1) is 21.7 Å². The van der Waals surface area contributed by atoms with E-state index in [0.29, 0.717) is 31.8 Å². The number of hydrogen-bond donors (Lipinski definition) is 0. The third-order valence-corrected chi connectivity index (χ3v) is 3.98. The Kier molecular flexibility index (Phi) is 8.74. The Hall–Kier alpha value is -0.970. The Morgan fingerprint density at radius 2 is 1.52 bits per heavy atom. The molecule has 0 N–H and O–H groups in total. The topological polar surface area (TPSA) is 52.6 Å². The summed E-state index contributed by atoms with van der Waals surface area (Å²) >= 11 is 17.5. The molecule has 0 aromatic heterocycles. The van der Waals surface area contributed by atoms with Gasteiger partial charge in [0.25, 0.3) is 0 Å². The van der Waals surface area contributed by atoms with Crippen LogP contribution >= 0.6 is 34.8 Å². The van der Waals surface area contributed by atoms with Crippen LogP contribution in [-0.4, -0.2) is 18.5 Å². The maximum Gasteiger partial charge on any atom is 0.311 e. The highest BCUT2D eigenvalue weighted by molar-refractivity contribution is 6.48. The maximum absolute atomic E-state index is 11.7. The number of rotatable bonds is 8. The SMILES string of the molecule is CC(C)COC(=O)CCCCC(=O)Oc1cc(Cl)c(Cl)c(Cl)c1. The molecule has 1 aromatic carbocycles. The molecule has 0 saturated heterocycles. The van der Waals surface area contributed by atoms with Crippen LogP contribution in [0.4, 0.5) is 0 Å². The van der Waals surface area contributed by atoms with Crippen molar-refractivity contribution in [3.63, 3.8) is 0 Å². The van der Waals surface area contributed by atoms with Crippen molar-refractivity contribution >= 4 is 46.7 Å². The summed E-state index contributed by atoms with van der Waals surface area (Å²) in [5.74, 6) is -0.115. The average molecular weight is 382 g/mol. The van der Waals surface area contributed by atoms with Crippen LogP contribution in [0.15, 0.2) is 12.1 Å². The Morgan fingerprint density at radius 3 is 2.04 bits per heavy atom. The number of benzene rings is 1. The van der Waals surface area contributed by atoms with E-state index >= 15 is 0 Å². The third kappa shape index (κ3) is 7.91. The lowest BCUT2D eigenvalue weighted by Gasteiger charge is -2.08. The summed E-state index contributed by atoms with van der Waals surface area (Å²) in [7, 11) is 0. The Bertz CT molecular complexity index is 535. The number of ether oxygens (including phenoxy) is 2. The lowest BCUT2D eigenvalue weighted by Crippen LogP contribution is -2.11. The van der Waals surface area contributed by atoms with Crippen molar-refractivity contribution in [1.29, 1.82) is 0 Å². The Labute approximate surface area is 151 Å². The summed E-state index contributed by atoms with van der Waals surface area (Å²) in [6, 6.07) is 2.86. The van der Waals surface area contributed by atoms with Gasteiger partial charge in [-0.2, -0.15) is 0 Å².